The summed E-state index contributed by atoms with van der Waals surface area (Å²) in [6.07, 6.45) is 7.94. The molecule has 0 aliphatic heterocycles. The second-order valence-electron chi connectivity index (χ2n) is 4.11. The van der Waals surface area contributed by atoms with E-state index in [1.54, 1.807) is 0 Å². The molecule has 1 aliphatic rings. The van der Waals surface area contributed by atoms with Crippen LogP contribution >= 0.6 is 0 Å². The molecule has 0 spiro atoms. The zero-order valence-corrected chi connectivity index (χ0v) is 8.79. The summed E-state index contributed by atoms with van der Waals surface area (Å²) in [5, 5.41) is 2.72. The molecule has 1 amide bonds. The molecule has 0 aromatic carbocycles. The van der Waals surface area contributed by atoms with Gasteiger partial charge in [-0.15, -0.1) is 0 Å². The van der Waals surface area contributed by atoms with E-state index in [4.69, 9.17) is 0 Å². The largest absolute Gasteiger partial charge is 0.347 e. The average molecular weight is 197 g/mol. The van der Waals surface area contributed by atoms with Gasteiger partial charge in [-0.3, -0.25) is 4.79 Å². The number of aldehydes is 1. The molecule has 0 aromatic rings. The van der Waals surface area contributed by atoms with Gasteiger partial charge in [-0.2, -0.15) is 0 Å². The van der Waals surface area contributed by atoms with E-state index in [9.17, 15) is 9.59 Å². The summed E-state index contributed by atoms with van der Waals surface area (Å²) in [5.41, 5.74) is 0. The third kappa shape index (κ3) is 3.48. The summed E-state index contributed by atoms with van der Waals surface area (Å²) in [7, 11) is 0. The van der Waals surface area contributed by atoms with E-state index in [0.29, 0.717) is 5.92 Å². The van der Waals surface area contributed by atoms with Gasteiger partial charge in [0.2, 0.25) is 5.91 Å². The lowest BCUT2D eigenvalue weighted by Gasteiger charge is -2.21. The topological polar surface area (TPSA) is 46.2 Å². The SMILES string of the molecule is CC(=O)NC(C=O)C1CCCCCC1. The highest BCUT2D eigenvalue weighted by Crippen LogP contribution is 2.24. The summed E-state index contributed by atoms with van der Waals surface area (Å²) in [5.74, 6) is 0.255. The number of amides is 1. The van der Waals surface area contributed by atoms with Crippen LogP contribution in [0.1, 0.15) is 45.4 Å². The number of nitrogens with one attached hydrogen (secondary N) is 1. The van der Waals surface area contributed by atoms with Gasteiger partial charge in [0, 0.05) is 6.92 Å². The Kier molecular flexibility index (Phi) is 4.63. The molecular formula is C11H19NO2. The van der Waals surface area contributed by atoms with Gasteiger partial charge in [-0.25, -0.2) is 0 Å². The third-order valence-corrected chi connectivity index (χ3v) is 2.92. The predicted octanol–water partition coefficient (Wildman–Crippen LogP) is 1.66. The number of hydrogen-bond donors (Lipinski definition) is 1. The van der Waals surface area contributed by atoms with Crippen LogP contribution in [0.4, 0.5) is 0 Å². The van der Waals surface area contributed by atoms with E-state index in [1.165, 1.54) is 32.6 Å². The lowest BCUT2D eigenvalue weighted by Crippen LogP contribution is -2.40. The van der Waals surface area contributed by atoms with Crippen molar-refractivity contribution in [1.29, 1.82) is 0 Å². The van der Waals surface area contributed by atoms with Crippen LogP contribution in [0.25, 0.3) is 0 Å². The van der Waals surface area contributed by atoms with Crippen molar-refractivity contribution in [3.8, 4) is 0 Å². The zero-order chi connectivity index (χ0) is 10.4. The highest BCUT2D eigenvalue weighted by Gasteiger charge is 2.22. The molecule has 80 valence electrons. The first-order chi connectivity index (χ1) is 6.74. The van der Waals surface area contributed by atoms with Crippen molar-refractivity contribution in [2.24, 2.45) is 5.92 Å². The molecule has 1 aliphatic carbocycles. The number of rotatable bonds is 3. The Morgan fingerprint density at radius 3 is 2.29 bits per heavy atom. The third-order valence-electron chi connectivity index (χ3n) is 2.92. The summed E-state index contributed by atoms with van der Waals surface area (Å²) >= 11 is 0. The van der Waals surface area contributed by atoms with E-state index in [-0.39, 0.29) is 11.9 Å². The lowest BCUT2D eigenvalue weighted by atomic mass is 9.93. The summed E-state index contributed by atoms with van der Waals surface area (Å²) in [6.45, 7) is 1.47. The van der Waals surface area contributed by atoms with Crippen molar-refractivity contribution in [3.05, 3.63) is 0 Å². The maximum atomic E-state index is 10.9. The van der Waals surface area contributed by atoms with E-state index in [0.717, 1.165) is 19.1 Å². The molecule has 14 heavy (non-hydrogen) atoms. The van der Waals surface area contributed by atoms with Crippen molar-refractivity contribution < 1.29 is 9.59 Å². The van der Waals surface area contributed by atoms with Crippen molar-refractivity contribution in [1.82, 2.24) is 5.32 Å². The van der Waals surface area contributed by atoms with Gasteiger partial charge in [0.1, 0.15) is 6.29 Å². The first-order valence-electron chi connectivity index (χ1n) is 5.46. The molecule has 1 saturated carbocycles. The minimum absolute atomic E-state index is 0.105. The Hall–Kier alpha value is -0.860. The molecule has 0 aromatic heterocycles. The Labute approximate surface area is 85.3 Å². The van der Waals surface area contributed by atoms with Crippen LogP contribution in [0.15, 0.2) is 0 Å². The van der Waals surface area contributed by atoms with Gasteiger partial charge in [0.05, 0.1) is 6.04 Å². The van der Waals surface area contributed by atoms with Gasteiger partial charge in [0.25, 0.3) is 0 Å². The molecule has 1 unspecified atom stereocenters. The average Bonchev–Trinajstić information content (AvgIpc) is 2.41. The normalized spacial score (nSPS) is 20.9. The van der Waals surface area contributed by atoms with Gasteiger partial charge < -0.3 is 10.1 Å². The molecule has 0 bridgehead atoms. The second-order valence-corrected chi connectivity index (χ2v) is 4.11. The lowest BCUT2D eigenvalue weighted by molar-refractivity contribution is -0.123. The standard InChI is InChI=1S/C11H19NO2/c1-9(14)12-11(8-13)10-6-4-2-3-5-7-10/h8,10-11H,2-7H2,1H3,(H,12,14). The van der Waals surface area contributed by atoms with Crippen molar-refractivity contribution in [3.63, 3.8) is 0 Å². The quantitative estimate of drug-likeness (QED) is 0.552. The fourth-order valence-electron chi connectivity index (χ4n) is 2.17. The molecule has 0 heterocycles. The minimum atomic E-state index is -0.259. The number of hydrogen-bond acceptors (Lipinski definition) is 2. The molecule has 1 rings (SSSR count). The van der Waals surface area contributed by atoms with E-state index in [2.05, 4.69) is 5.32 Å². The molecular weight excluding hydrogens is 178 g/mol. The molecule has 1 fully saturated rings. The van der Waals surface area contributed by atoms with Crippen LogP contribution in [0, 0.1) is 5.92 Å². The summed E-state index contributed by atoms with van der Waals surface area (Å²) in [6, 6.07) is -0.259. The predicted molar refractivity (Wildman–Crippen MR) is 54.9 cm³/mol. The molecule has 1 N–H and O–H groups in total. The molecule has 3 nitrogen and oxygen atoms in total. The fraction of sp³-hybridized carbons (Fsp3) is 0.818. The highest BCUT2D eigenvalue weighted by molar-refractivity contribution is 5.77. The van der Waals surface area contributed by atoms with Crippen LogP contribution in [0.2, 0.25) is 0 Å². The smallest absolute Gasteiger partial charge is 0.217 e. The van der Waals surface area contributed by atoms with Crippen LogP contribution < -0.4 is 5.32 Å². The van der Waals surface area contributed by atoms with E-state index in [1.807, 2.05) is 0 Å². The maximum Gasteiger partial charge on any atom is 0.217 e. The zero-order valence-electron chi connectivity index (χ0n) is 8.79. The first kappa shape index (κ1) is 11.2. The highest BCUT2D eigenvalue weighted by atomic mass is 16.2. The van der Waals surface area contributed by atoms with Crippen molar-refractivity contribution in [2.75, 3.05) is 0 Å². The van der Waals surface area contributed by atoms with Gasteiger partial charge in [-0.1, -0.05) is 25.7 Å². The maximum absolute atomic E-state index is 10.9. The molecule has 1 atom stereocenters. The Morgan fingerprint density at radius 1 is 1.29 bits per heavy atom. The number of carbonyl (C=O) groups excluding carboxylic acids is 2. The number of carbonyl (C=O) groups is 2. The summed E-state index contributed by atoms with van der Waals surface area (Å²) < 4.78 is 0. The van der Waals surface area contributed by atoms with Crippen LogP contribution in [0.5, 0.6) is 0 Å². The Bertz CT molecular complexity index is 195. The van der Waals surface area contributed by atoms with Crippen molar-refractivity contribution >= 4 is 12.2 Å². The van der Waals surface area contributed by atoms with E-state index < -0.39 is 0 Å². The van der Waals surface area contributed by atoms with Gasteiger partial charge >= 0.3 is 0 Å². The van der Waals surface area contributed by atoms with Crippen molar-refractivity contribution in [2.45, 2.75) is 51.5 Å². The Balaban J connectivity index is 2.48. The van der Waals surface area contributed by atoms with Crippen LogP contribution in [-0.2, 0) is 9.59 Å². The monoisotopic (exact) mass is 197 g/mol. The molecule has 0 saturated heterocycles. The second kappa shape index (κ2) is 5.78. The van der Waals surface area contributed by atoms with E-state index >= 15 is 0 Å². The minimum Gasteiger partial charge on any atom is -0.347 e. The van der Waals surface area contributed by atoms with Crippen LogP contribution in [0.3, 0.4) is 0 Å². The Morgan fingerprint density at radius 2 is 1.86 bits per heavy atom. The fourth-order valence-corrected chi connectivity index (χ4v) is 2.17. The summed E-state index contributed by atoms with van der Waals surface area (Å²) in [4.78, 5) is 21.7. The molecule has 3 heteroatoms. The van der Waals surface area contributed by atoms with Crippen LogP contribution in [-0.4, -0.2) is 18.2 Å². The molecule has 0 radical (unpaired) electrons. The van der Waals surface area contributed by atoms with Gasteiger partial charge in [0.15, 0.2) is 0 Å². The first-order valence-corrected chi connectivity index (χ1v) is 5.46. The van der Waals surface area contributed by atoms with Gasteiger partial charge in [-0.05, 0) is 18.8 Å².